The van der Waals surface area contributed by atoms with Crippen molar-refractivity contribution in [2.75, 3.05) is 13.1 Å². The molecule has 0 aromatic heterocycles. The molecule has 0 spiro atoms. The van der Waals surface area contributed by atoms with Crippen LogP contribution in [0.2, 0.25) is 0 Å². The van der Waals surface area contributed by atoms with Crippen molar-refractivity contribution in [1.29, 1.82) is 0 Å². The zero-order valence-electron chi connectivity index (χ0n) is 8.81. The summed E-state index contributed by atoms with van der Waals surface area (Å²) in [5.41, 5.74) is 5.96. The van der Waals surface area contributed by atoms with Crippen molar-refractivity contribution in [1.82, 2.24) is 5.32 Å². The summed E-state index contributed by atoms with van der Waals surface area (Å²) < 4.78 is 7.51. The third-order valence-electron chi connectivity index (χ3n) is 1.58. The summed E-state index contributed by atoms with van der Waals surface area (Å²) in [5.74, 6) is -0.458. The van der Waals surface area contributed by atoms with Gasteiger partial charge in [0.25, 0.3) is 0 Å². The summed E-state index contributed by atoms with van der Waals surface area (Å²) >= 11 is 0. The number of hydrogen-bond donors (Lipinski definition) is 2. The average molecular weight is 191 g/mol. The van der Waals surface area contributed by atoms with E-state index in [2.05, 4.69) is 5.32 Å². The summed E-state index contributed by atoms with van der Waals surface area (Å²) in [7, 11) is 0. The van der Waals surface area contributed by atoms with Crippen molar-refractivity contribution >= 4 is 12.0 Å². The Hall–Kier alpha value is -1.61. The van der Waals surface area contributed by atoms with Gasteiger partial charge in [0.05, 0.1) is 6.54 Å². The highest BCUT2D eigenvalue weighted by atomic mass is 16.1. The minimum atomic E-state index is -0.613. The van der Waals surface area contributed by atoms with E-state index in [1.165, 1.54) is 0 Å². The lowest BCUT2D eigenvalue weighted by Crippen LogP contribution is -2.28. The van der Waals surface area contributed by atoms with Crippen molar-refractivity contribution < 1.29 is 6.17 Å². The van der Waals surface area contributed by atoms with E-state index in [1.807, 2.05) is 36.4 Å². The molecule has 1 amide bonds. The Kier molecular flexibility index (Phi) is 3.80. The zero-order chi connectivity index (χ0) is 11.1. The van der Waals surface area contributed by atoms with Crippen LogP contribution in [0, 0.1) is 0 Å². The number of primary amides is 1. The van der Waals surface area contributed by atoms with Gasteiger partial charge in [0, 0.05) is 7.89 Å². The number of carbonyl (C=O) groups excluding carboxylic acids is 1. The highest BCUT2D eigenvalue weighted by molar-refractivity contribution is 5.75. The third-order valence-corrected chi connectivity index (χ3v) is 1.58. The molecule has 0 aliphatic carbocycles. The van der Waals surface area contributed by atoms with E-state index in [1.54, 1.807) is 6.08 Å². The van der Waals surface area contributed by atoms with Gasteiger partial charge in [-0.25, -0.2) is 0 Å². The van der Waals surface area contributed by atoms with Crippen LogP contribution in [0.25, 0.3) is 6.08 Å². The molecule has 14 heavy (non-hydrogen) atoms. The molecule has 3 heteroatoms. The maximum absolute atomic E-state index is 10.4. The Morgan fingerprint density at radius 2 is 2.21 bits per heavy atom. The quantitative estimate of drug-likeness (QED) is 0.722. The van der Waals surface area contributed by atoms with Gasteiger partial charge in [-0.05, 0) is 5.56 Å². The average Bonchev–Trinajstić information content (AvgIpc) is 2.25. The van der Waals surface area contributed by atoms with E-state index in [4.69, 9.17) is 7.10 Å². The second kappa shape index (κ2) is 5.94. The normalized spacial score (nSPS) is 13.9. The van der Waals surface area contributed by atoms with Crippen LogP contribution in [-0.2, 0) is 4.79 Å². The Bertz CT molecular complexity index is 338. The van der Waals surface area contributed by atoms with Gasteiger partial charge in [0.15, 0.2) is 0 Å². The Labute approximate surface area is 85.0 Å². The topological polar surface area (TPSA) is 55.1 Å². The van der Waals surface area contributed by atoms with Gasteiger partial charge in [-0.1, -0.05) is 42.5 Å². The minimum absolute atomic E-state index is 0.0211. The molecule has 0 saturated carbocycles. The molecule has 0 heterocycles. The van der Waals surface area contributed by atoms with Crippen molar-refractivity contribution in [2.45, 2.75) is 0 Å². The summed E-state index contributed by atoms with van der Waals surface area (Å²) in [6.07, 6.45) is 3.49. The van der Waals surface area contributed by atoms with Gasteiger partial charge in [0.1, 0.15) is 0 Å². The molecule has 0 bridgehead atoms. The lowest BCUT2D eigenvalue weighted by atomic mass is 10.2. The Morgan fingerprint density at radius 1 is 1.50 bits per heavy atom. The van der Waals surface area contributed by atoms with Crippen LogP contribution >= 0.6 is 0 Å². The summed E-state index contributed by atoms with van der Waals surface area (Å²) in [6, 6.07) is 9.67. The van der Waals surface area contributed by atoms with Crippen molar-refractivity contribution in [2.24, 2.45) is 5.73 Å². The van der Waals surface area contributed by atoms with Gasteiger partial charge in [0.2, 0.25) is 5.91 Å². The molecule has 0 saturated heterocycles. The number of nitrogens with two attached hydrogens (primary N) is 1. The molecule has 0 aliphatic rings. The van der Waals surface area contributed by atoms with Gasteiger partial charge in [-0.15, -0.1) is 0 Å². The van der Waals surface area contributed by atoms with E-state index in [-0.39, 0.29) is 6.54 Å². The maximum Gasteiger partial charge on any atom is 0.231 e. The standard InChI is InChI=1S/C11H14N2O/c12-11(14)9-13-8-4-7-10-5-2-1-3-6-10/h1-7,13H,8-9H2,(H2,12,14)/i8D. The molecule has 0 fully saturated rings. The van der Waals surface area contributed by atoms with Crippen LogP contribution in [0.1, 0.15) is 6.93 Å². The van der Waals surface area contributed by atoms with Crippen LogP contribution in [0.15, 0.2) is 36.4 Å². The first kappa shape index (κ1) is 8.97. The summed E-state index contributed by atoms with van der Waals surface area (Å²) in [6.45, 7) is -0.592. The Balaban J connectivity index is 2.41. The van der Waals surface area contributed by atoms with Crippen molar-refractivity contribution in [3.63, 3.8) is 0 Å². The van der Waals surface area contributed by atoms with E-state index in [0.717, 1.165) is 5.56 Å². The van der Waals surface area contributed by atoms with Crippen molar-refractivity contribution in [3.05, 3.63) is 42.0 Å². The molecule has 0 aliphatic heterocycles. The zero-order valence-corrected chi connectivity index (χ0v) is 7.81. The second-order valence-corrected chi connectivity index (χ2v) is 2.78. The third kappa shape index (κ3) is 4.42. The number of carbonyl (C=O) groups is 1. The predicted molar refractivity (Wildman–Crippen MR) is 57.5 cm³/mol. The van der Waals surface area contributed by atoms with Crippen molar-refractivity contribution in [3.8, 4) is 0 Å². The fourth-order valence-electron chi connectivity index (χ4n) is 0.951. The molecule has 1 aromatic rings. The van der Waals surface area contributed by atoms with Crippen LogP contribution in [0.4, 0.5) is 0 Å². The predicted octanol–water partition coefficient (Wildman–Crippen LogP) is 0.775. The highest BCUT2D eigenvalue weighted by Crippen LogP contribution is 1.99. The molecule has 0 radical (unpaired) electrons. The van der Waals surface area contributed by atoms with Gasteiger partial charge in [-0.3, -0.25) is 4.79 Å². The fourth-order valence-corrected chi connectivity index (χ4v) is 0.951. The molecular formula is C11H14N2O. The lowest BCUT2D eigenvalue weighted by molar-refractivity contribution is -0.117. The summed E-state index contributed by atoms with van der Waals surface area (Å²) in [5, 5.41) is 2.66. The first-order valence-electron chi connectivity index (χ1n) is 4.93. The van der Waals surface area contributed by atoms with Gasteiger partial charge >= 0.3 is 0 Å². The molecule has 3 N–H and O–H groups in total. The van der Waals surface area contributed by atoms with Gasteiger partial charge in [-0.2, -0.15) is 0 Å². The van der Waals surface area contributed by atoms with Crippen LogP contribution in [0.3, 0.4) is 0 Å². The van der Waals surface area contributed by atoms with Gasteiger partial charge < -0.3 is 11.1 Å². The Morgan fingerprint density at radius 3 is 2.86 bits per heavy atom. The first-order valence-corrected chi connectivity index (χ1v) is 4.35. The second-order valence-electron chi connectivity index (χ2n) is 2.78. The number of nitrogens with one attached hydrogen (secondary N) is 1. The number of amides is 1. The van der Waals surface area contributed by atoms with Crippen LogP contribution in [0.5, 0.6) is 0 Å². The minimum Gasteiger partial charge on any atom is -0.369 e. The smallest absolute Gasteiger partial charge is 0.231 e. The molecule has 1 rings (SSSR count). The van der Waals surface area contributed by atoms with E-state index >= 15 is 0 Å². The van der Waals surface area contributed by atoms with E-state index < -0.39 is 12.4 Å². The van der Waals surface area contributed by atoms with Crippen LogP contribution in [-0.4, -0.2) is 19.0 Å². The summed E-state index contributed by atoms with van der Waals surface area (Å²) in [4.78, 5) is 10.4. The first-order chi connectivity index (χ1) is 7.18. The maximum atomic E-state index is 10.4. The molecule has 1 aromatic carbocycles. The molecule has 74 valence electrons. The monoisotopic (exact) mass is 191 g/mol. The van der Waals surface area contributed by atoms with Crippen LogP contribution < -0.4 is 11.1 Å². The fraction of sp³-hybridized carbons (Fsp3) is 0.182. The van der Waals surface area contributed by atoms with E-state index in [0.29, 0.717) is 0 Å². The number of hydrogen-bond acceptors (Lipinski definition) is 2. The molecule has 1 unspecified atom stereocenters. The molecule has 1 atom stereocenters. The lowest BCUT2D eigenvalue weighted by Gasteiger charge is -1.95. The number of rotatable bonds is 5. The SMILES string of the molecule is [2H]C(C=Cc1ccccc1)NCC(N)=O. The van der Waals surface area contributed by atoms with E-state index in [9.17, 15) is 4.79 Å². The number of benzene rings is 1. The largest absolute Gasteiger partial charge is 0.369 e. The molecule has 3 nitrogen and oxygen atoms in total. The highest BCUT2D eigenvalue weighted by Gasteiger charge is 1.88. The molecular weight excluding hydrogens is 176 g/mol.